The Kier molecular flexibility index (Phi) is 10.8. The summed E-state index contributed by atoms with van der Waals surface area (Å²) in [5, 5.41) is 14.8. The Labute approximate surface area is 268 Å². The lowest BCUT2D eigenvalue weighted by molar-refractivity contribution is -0.138. The van der Waals surface area contributed by atoms with Gasteiger partial charge in [0.1, 0.15) is 23.7 Å². The minimum atomic E-state index is -1.21. The summed E-state index contributed by atoms with van der Waals surface area (Å²) in [7, 11) is 0. The van der Waals surface area contributed by atoms with Crippen molar-refractivity contribution in [2.45, 2.75) is 70.5 Å². The molecule has 1 aromatic heterocycles. The number of piperidine rings is 1. The summed E-state index contributed by atoms with van der Waals surface area (Å²) in [5.74, 6) is -0.585. The summed E-state index contributed by atoms with van der Waals surface area (Å²) in [4.78, 5) is 59.7. The van der Waals surface area contributed by atoms with Crippen LogP contribution in [0.25, 0.3) is 0 Å². The minimum absolute atomic E-state index is 0.00817. The molecular weight excluding hydrogens is 588 g/mol. The lowest BCUT2D eigenvalue weighted by Gasteiger charge is -2.34. The van der Waals surface area contributed by atoms with Gasteiger partial charge in [0, 0.05) is 19.6 Å². The molecule has 1 unspecified atom stereocenters. The van der Waals surface area contributed by atoms with Crippen LogP contribution in [-0.2, 0) is 38.6 Å². The average molecular weight is 631 g/mol. The number of aromatic amines is 1. The van der Waals surface area contributed by atoms with Gasteiger partial charge in [-0.15, -0.1) is 5.10 Å². The lowest BCUT2D eigenvalue weighted by atomic mass is 9.94. The van der Waals surface area contributed by atoms with Crippen LogP contribution in [0, 0.1) is 12.8 Å². The number of aryl methyl sites for hydroxylation is 2. The molecule has 3 aromatic rings. The summed E-state index contributed by atoms with van der Waals surface area (Å²) in [6.45, 7) is 3.83. The van der Waals surface area contributed by atoms with Gasteiger partial charge < -0.3 is 31.3 Å². The number of aromatic nitrogens is 3. The summed E-state index contributed by atoms with van der Waals surface area (Å²) in [6, 6.07) is 13.3. The van der Waals surface area contributed by atoms with Gasteiger partial charge in [-0.05, 0) is 73.8 Å². The monoisotopic (exact) mass is 630 g/mol. The molecule has 0 aliphatic carbocycles. The zero-order chi connectivity index (χ0) is 32.5. The molecule has 1 saturated heterocycles. The summed E-state index contributed by atoms with van der Waals surface area (Å²) in [5.41, 5.74) is 8.49. The van der Waals surface area contributed by atoms with E-state index >= 15 is 0 Å². The van der Waals surface area contributed by atoms with Crippen LogP contribution in [-0.4, -0.2) is 75.5 Å². The Morgan fingerprint density at radius 2 is 1.93 bits per heavy atom. The average Bonchev–Trinajstić information content (AvgIpc) is 3.46. The molecule has 2 aromatic carbocycles. The van der Waals surface area contributed by atoms with E-state index in [1.807, 2.05) is 55.5 Å². The third kappa shape index (κ3) is 9.05. The number of ether oxygens (including phenoxy) is 1. The number of nitrogens with two attached hydrogens (primary N) is 1. The quantitative estimate of drug-likeness (QED) is 0.272. The van der Waals surface area contributed by atoms with Crippen molar-refractivity contribution < 1.29 is 23.9 Å². The molecule has 4 amide bonds. The first-order valence-corrected chi connectivity index (χ1v) is 15.8. The van der Waals surface area contributed by atoms with Crippen LogP contribution in [0.3, 0.4) is 0 Å². The number of fused-ring (bicyclic) bond motifs is 4. The first-order valence-electron chi connectivity index (χ1n) is 15.8. The topological polar surface area (TPSA) is 184 Å². The number of nitrogens with zero attached hydrogens (tertiary/aromatic N) is 3. The molecule has 46 heavy (non-hydrogen) atoms. The van der Waals surface area contributed by atoms with Gasteiger partial charge in [-0.3, -0.25) is 24.3 Å². The number of hydrogen-bond donors (Lipinski definition) is 5. The van der Waals surface area contributed by atoms with Crippen LogP contribution in [0.15, 0.2) is 48.5 Å². The van der Waals surface area contributed by atoms with Gasteiger partial charge in [0.15, 0.2) is 0 Å². The van der Waals surface area contributed by atoms with Gasteiger partial charge in [0.25, 0.3) is 0 Å². The van der Waals surface area contributed by atoms with Gasteiger partial charge in [-0.1, -0.05) is 36.4 Å². The highest BCUT2D eigenvalue weighted by molar-refractivity contribution is 5.95. The maximum Gasteiger partial charge on any atom is 0.243 e. The molecule has 5 rings (SSSR count). The van der Waals surface area contributed by atoms with E-state index in [9.17, 15) is 19.2 Å². The van der Waals surface area contributed by atoms with Gasteiger partial charge in [-0.2, -0.15) is 4.98 Å². The number of carbonyl (C=O) groups is 4. The summed E-state index contributed by atoms with van der Waals surface area (Å²) >= 11 is 0. The Balaban J connectivity index is 1.40. The Morgan fingerprint density at radius 1 is 1.11 bits per heavy atom. The zero-order valence-electron chi connectivity index (χ0n) is 26.1. The number of benzene rings is 2. The van der Waals surface area contributed by atoms with E-state index in [1.54, 1.807) is 4.90 Å². The number of rotatable bonds is 6. The number of anilines is 1. The first-order chi connectivity index (χ1) is 22.2. The maximum absolute atomic E-state index is 13.8. The van der Waals surface area contributed by atoms with E-state index in [2.05, 4.69) is 31.1 Å². The van der Waals surface area contributed by atoms with E-state index in [0.717, 1.165) is 41.7 Å². The third-order valence-electron chi connectivity index (χ3n) is 8.55. The highest BCUT2D eigenvalue weighted by Gasteiger charge is 2.32. The van der Waals surface area contributed by atoms with Crippen molar-refractivity contribution in [3.63, 3.8) is 0 Å². The molecule has 3 atom stereocenters. The Hall–Kier alpha value is -4.94. The van der Waals surface area contributed by atoms with E-state index in [0.29, 0.717) is 32.5 Å². The van der Waals surface area contributed by atoms with Gasteiger partial charge in [0.2, 0.25) is 29.6 Å². The van der Waals surface area contributed by atoms with Crippen LogP contribution in [0.1, 0.15) is 54.6 Å². The fourth-order valence-electron chi connectivity index (χ4n) is 5.90. The third-order valence-corrected chi connectivity index (χ3v) is 8.55. The molecule has 0 saturated carbocycles. The number of nitrogen functional groups attached to an aromatic ring is 1. The van der Waals surface area contributed by atoms with Crippen molar-refractivity contribution >= 4 is 29.6 Å². The predicted molar refractivity (Wildman–Crippen MR) is 170 cm³/mol. The number of hydrogen-bond acceptors (Lipinski definition) is 8. The van der Waals surface area contributed by atoms with Crippen molar-refractivity contribution in [2.24, 2.45) is 5.92 Å². The van der Waals surface area contributed by atoms with E-state index in [4.69, 9.17) is 10.5 Å². The number of amides is 4. The summed E-state index contributed by atoms with van der Waals surface area (Å²) in [6.07, 6.45) is 2.95. The Morgan fingerprint density at radius 3 is 2.72 bits per heavy atom. The zero-order valence-corrected chi connectivity index (χ0v) is 26.1. The van der Waals surface area contributed by atoms with Crippen molar-refractivity contribution in [2.75, 3.05) is 25.4 Å². The molecular formula is C33H42N8O5. The number of nitrogens with one attached hydrogen (secondary N) is 4. The molecule has 4 bridgehead atoms. The van der Waals surface area contributed by atoms with E-state index < -0.39 is 23.9 Å². The molecule has 6 N–H and O–H groups in total. The predicted octanol–water partition coefficient (Wildman–Crippen LogP) is 1.57. The van der Waals surface area contributed by atoms with Crippen molar-refractivity contribution in [1.29, 1.82) is 0 Å². The van der Waals surface area contributed by atoms with E-state index in [-0.39, 0.29) is 48.9 Å². The molecule has 0 radical (unpaired) electrons. The SMILES string of the molecule is Cc1ccc2cc1CNC(=O)[C@H](CCc1ccccc1)NC(=O)[C@@H](NC(=O)Cc1nc(N)n[nH]1)CC(=O)N1CCCC(CCO2)C1. The smallest absolute Gasteiger partial charge is 0.243 e. The van der Waals surface area contributed by atoms with Crippen LogP contribution in [0.5, 0.6) is 5.75 Å². The van der Waals surface area contributed by atoms with Crippen LogP contribution < -0.4 is 26.4 Å². The van der Waals surface area contributed by atoms with Crippen molar-refractivity contribution in [3.05, 3.63) is 71.0 Å². The minimum Gasteiger partial charge on any atom is -0.494 e. The van der Waals surface area contributed by atoms with Crippen LogP contribution in [0.2, 0.25) is 0 Å². The second kappa shape index (κ2) is 15.4. The highest BCUT2D eigenvalue weighted by Crippen LogP contribution is 2.23. The largest absolute Gasteiger partial charge is 0.494 e. The lowest BCUT2D eigenvalue weighted by Crippen LogP contribution is -2.55. The maximum atomic E-state index is 13.8. The second-order valence-corrected chi connectivity index (χ2v) is 12.0. The fraction of sp³-hybridized carbons (Fsp3) is 0.455. The molecule has 1 fully saturated rings. The Bertz CT molecular complexity index is 1530. The van der Waals surface area contributed by atoms with Gasteiger partial charge in [0.05, 0.1) is 19.4 Å². The molecule has 0 spiro atoms. The normalized spacial score (nSPS) is 21.3. The highest BCUT2D eigenvalue weighted by atomic mass is 16.5. The number of carbonyl (C=O) groups excluding carboxylic acids is 4. The van der Waals surface area contributed by atoms with Crippen LogP contribution >= 0.6 is 0 Å². The molecule has 3 heterocycles. The molecule has 13 nitrogen and oxygen atoms in total. The first kappa shape index (κ1) is 32.5. The fourth-order valence-corrected chi connectivity index (χ4v) is 5.90. The van der Waals surface area contributed by atoms with Crippen LogP contribution in [0.4, 0.5) is 5.95 Å². The molecule has 244 valence electrons. The molecule has 2 aliphatic heterocycles. The number of H-pyrrole nitrogens is 1. The van der Waals surface area contributed by atoms with Gasteiger partial charge in [-0.25, -0.2) is 0 Å². The van der Waals surface area contributed by atoms with Crippen molar-refractivity contribution in [3.8, 4) is 5.75 Å². The van der Waals surface area contributed by atoms with Gasteiger partial charge >= 0.3 is 0 Å². The van der Waals surface area contributed by atoms with Crippen molar-refractivity contribution in [1.82, 2.24) is 36.0 Å². The standard InChI is InChI=1S/C33H42N8O5/c1-21-9-11-25-16-24(21)19-35-31(44)26(12-10-22-6-3-2-4-7-22)37-32(45)27(36-29(42)18-28-38-33(34)40-39-28)17-30(43)41-14-5-8-23(20-41)13-15-46-25/h2-4,6-7,9,11,16,23,26-27H,5,8,10,12-15,17-20H2,1H3,(H,35,44)(H,36,42)(H,37,45)(H3,34,38,39,40)/t23?,26-,27-/m0/s1. The molecule has 13 heteroatoms. The van der Waals surface area contributed by atoms with E-state index in [1.165, 1.54) is 0 Å². The summed E-state index contributed by atoms with van der Waals surface area (Å²) < 4.78 is 6.09. The molecule has 2 aliphatic rings. The second-order valence-electron chi connectivity index (χ2n) is 12.0.